The van der Waals surface area contributed by atoms with Gasteiger partial charge in [0.05, 0.1) is 6.21 Å². The average molecular weight is 435 g/mol. The Bertz CT molecular complexity index is 1030. The van der Waals surface area contributed by atoms with Gasteiger partial charge >= 0.3 is 0 Å². The van der Waals surface area contributed by atoms with E-state index in [2.05, 4.69) is 22.2 Å². The van der Waals surface area contributed by atoms with Gasteiger partial charge < -0.3 is 4.74 Å². The Hall–Kier alpha value is -2.15. The SMILES string of the molecule is CCCCc1n[nH]c(=S)n1/N=C/c1ccccc1OCc1ccc(Cl)cc1Cl. The van der Waals surface area contributed by atoms with Crippen molar-refractivity contribution < 1.29 is 4.74 Å². The lowest BCUT2D eigenvalue weighted by Gasteiger charge is -2.10. The lowest BCUT2D eigenvalue weighted by atomic mass is 10.2. The van der Waals surface area contributed by atoms with E-state index >= 15 is 0 Å². The zero-order valence-corrected chi connectivity index (χ0v) is 17.7. The topological polar surface area (TPSA) is 55.2 Å². The number of aromatic amines is 1. The molecule has 0 unspecified atom stereocenters. The fourth-order valence-electron chi connectivity index (χ4n) is 2.57. The molecule has 8 heteroatoms. The van der Waals surface area contributed by atoms with Crippen LogP contribution in [0.2, 0.25) is 10.0 Å². The molecule has 3 rings (SSSR count). The van der Waals surface area contributed by atoms with E-state index in [1.54, 1.807) is 23.0 Å². The molecule has 1 heterocycles. The molecular formula is C20H20Cl2N4OS. The van der Waals surface area contributed by atoms with Crippen molar-refractivity contribution in [2.24, 2.45) is 5.10 Å². The molecule has 3 aromatic rings. The molecule has 0 spiro atoms. The molecule has 0 aliphatic carbocycles. The molecule has 0 aliphatic rings. The summed E-state index contributed by atoms with van der Waals surface area (Å²) in [5.74, 6) is 1.51. The predicted molar refractivity (Wildman–Crippen MR) is 116 cm³/mol. The van der Waals surface area contributed by atoms with Crippen LogP contribution in [0, 0.1) is 4.77 Å². The summed E-state index contributed by atoms with van der Waals surface area (Å²) in [6, 6.07) is 13.0. The van der Waals surface area contributed by atoms with Crippen molar-refractivity contribution >= 4 is 41.6 Å². The summed E-state index contributed by atoms with van der Waals surface area (Å²) in [4.78, 5) is 0. The number of aromatic nitrogens is 3. The van der Waals surface area contributed by atoms with Crippen LogP contribution in [-0.2, 0) is 13.0 Å². The fraction of sp³-hybridized carbons (Fsp3) is 0.250. The predicted octanol–water partition coefficient (Wildman–Crippen LogP) is 6.05. The minimum atomic E-state index is 0.327. The first-order valence-electron chi connectivity index (χ1n) is 8.95. The van der Waals surface area contributed by atoms with Gasteiger partial charge in [0.2, 0.25) is 4.77 Å². The Labute approximate surface area is 179 Å². The Morgan fingerprint density at radius 2 is 2.07 bits per heavy atom. The van der Waals surface area contributed by atoms with Crippen molar-refractivity contribution in [1.29, 1.82) is 0 Å². The number of aryl methyl sites for hydroxylation is 1. The van der Waals surface area contributed by atoms with Crippen LogP contribution in [-0.4, -0.2) is 21.1 Å². The number of halogens is 2. The zero-order chi connectivity index (χ0) is 19.9. The number of nitrogens with zero attached hydrogens (tertiary/aromatic N) is 3. The maximum atomic E-state index is 6.22. The largest absolute Gasteiger partial charge is 0.488 e. The van der Waals surface area contributed by atoms with Gasteiger partial charge in [-0.15, -0.1) is 0 Å². The number of benzene rings is 2. The maximum Gasteiger partial charge on any atom is 0.216 e. The second-order valence-electron chi connectivity index (χ2n) is 6.17. The number of H-pyrrole nitrogens is 1. The second-order valence-corrected chi connectivity index (χ2v) is 7.40. The molecule has 5 nitrogen and oxygen atoms in total. The Balaban J connectivity index is 1.78. The normalized spacial score (nSPS) is 11.2. The minimum Gasteiger partial charge on any atom is -0.488 e. The standard InChI is InChI=1S/C20H20Cl2N4OS/c1-2-3-8-19-24-25-20(28)26(19)23-12-14-6-4-5-7-18(14)27-13-15-9-10-16(21)11-17(15)22/h4-7,9-12H,2-3,8,13H2,1H3,(H,25,28)/b23-12+. The van der Waals surface area contributed by atoms with E-state index in [4.69, 9.17) is 40.2 Å². The molecule has 0 amide bonds. The highest BCUT2D eigenvalue weighted by Gasteiger charge is 2.07. The summed E-state index contributed by atoms with van der Waals surface area (Å²) in [5.41, 5.74) is 1.69. The highest BCUT2D eigenvalue weighted by atomic mass is 35.5. The monoisotopic (exact) mass is 434 g/mol. The third-order valence-electron chi connectivity index (χ3n) is 4.10. The van der Waals surface area contributed by atoms with E-state index in [-0.39, 0.29) is 0 Å². The van der Waals surface area contributed by atoms with E-state index in [1.807, 2.05) is 30.3 Å². The first-order valence-corrected chi connectivity index (χ1v) is 10.1. The van der Waals surface area contributed by atoms with Crippen LogP contribution >= 0.6 is 35.4 Å². The molecule has 0 bridgehead atoms. The summed E-state index contributed by atoms with van der Waals surface area (Å²) in [7, 11) is 0. The number of rotatable bonds is 8. The van der Waals surface area contributed by atoms with E-state index in [1.165, 1.54) is 0 Å². The summed E-state index contributed by atoms with van der Waals surface area (Å²) in [6.07, 6.45) is 4.64. The van der Waals surface area contributed by atoms with Crippen LogP contribution in [0.3, 0.4) is 0 Å². The second kappa shape index (κ2) is 9.87. The summed E-state index contributed by atoms with van der Waals surface area (Å²) in [6.45, 7) is 2.46. The van der Waals surface area contributed by atoms with Gasteiger partial charge in [0.15, 0.2) is 5.82 Å². The number of hydrogen-bond acceptors (Lipinski definition) is 4. The van der Waals surface area contributed by atoms with Gasteiger partial charge in [-0.2, -0.15) is 14.9 Å². The van der Waals surface area contributed by atoms with Gasteiger partial charge in [-0.05, 0) is 42.9 Å². The third-order valence-corrected chi connectivity index (χ3v) is 4.95. The van der Waals surface area contributed by atoms with Crippen molar-refractivity contribution in [2.45, 2.75) is 32.8 Å². The molecule has 0 saturated heterocycles. The molecule has 0 saturated carbocycles. The molecule has 1 N–H and O–H groups in total. The highest BCUT2D eigenvalue weighted by molar-refractivity contribution is 7.71. The van der Waals surface area contributed by atoms with E-state index in [0.717, 1.165) is 36.2 Å². The van der Waals surface area contributed by atoms with Gasteiger partial charge in [-0.1, -0.05) is 54.7 Å². The Morgan fingerprint density at radius 3 is 2.86 bits per heavy atom. The highest BCUT2D eigenvalue weighted by Crippen LogP contribution is 2.24. The molecule has 1 aromatic heterocycles. The number of ether oxygens (including phenoxy) is 1. The number of unbranched alkanes of at least 4 members (excludes halogenated alkanes) is 1. The number of hydrogen-bond donors (Lipinski definition) is 1. The Morgan fingerprint density at radius 1 is 1.25 bits per heavy atom. The van der Waals surface area contributed by atoms with E-state index < -0.39 is 0 Å². The molecule has 0 fully saturated rings. The molecular weight excluding hydrogens is 415 g/mol. The molecule has 0 aliphatic heterocycles. The smallest absolute Gasteiger partial charge is 0.216 e. The van der Waals surface area contributed by atoms with Crippen molar-refractivity contribution in [2.75, 3.05) is 0 Å². The molecule has 146 valence electrons. The third kappa shape index (κ3) is 5.22. The van der Waals surface area contributed by atoms with Gasteiger partial charge in [0, 0.05) is 27.6 Å². The molecule has 2 aromatic carbocycles. The van der Waals surface area contributed by atoms with Crippen LogP contribution in [0.4, 0.5) is 0 Å². The number of para-hydroxylation sites is 1. The summed E-state index contributed by atoms with van der Waals surface area (Å²) < 4.78 is 8.08. The lowest BCUT2D eigenvalue weighted by Crippen LogP contribution is -2.01. The van der Waals surface area contributed by atoms with Crippen LogP contribution in [0.5, 0.6) is 5.75 Å². The first-order chi connectivity index (χ1) is 13.6. The van der Waals surface area contributed by atoms with Crippen LogP contribution in [0.1, 0.15) is 36.7 Å². The van der Waals surface area contributed by atoms with Crippen LogP contribution in [0.25, 0.3) is 0 Å². The van der Waals surface area contributed by atoms with Crippen molar-refractivity contribution in [3.63, 3.8) is 0 Å². The number of nitrogens with one attached hydrogen (secondary N) is 1. The maximum absolute atomic E-state index is 6.22. The van der Waals surface area contributed by atoms with Gasteiger partial charge in [0.25, 0.3) is 0 Å². The lowest BCUT2D eigenvalue weighted by molar-refractivity contribution is 0.306. The van der Waals surface area contributed by atoms with Gasteiger partial charge in [0.1, 0.15) is 12.4 Å². The molecule has 0 radical (unpaired) electrons. The molecule has 28 heavy (non-hydrogen) atoms. The summed E-state index contributed by atoms with van der Waals surface area (Å²) in [5, 5.41) is 12.7. The quantitative estimate of drug-likeness (QED) is 0.346. The van der Waals surface area contributed by atoms with Gasteiger partial charge in [-0.3, -0.25) is 5.10 Å². The van der Waals surface area contributed by atoms with E-state index in [9.17, 15) is 0 Å². The van der Waals surface area contributed by atoms with Crippen molar-refractivity contribution in [3.8, 4) is 5.75 Å². The molecule has 0 atom stereocenters. The van der Waals surface area contributed by atoms with Crippen LogP contribution < -0.4 is 4.74 Å². The minimum absolute atomic E-state index is 0.327. The first kappa shape index (κ1) is 20.6. The fourth-order valence-corrected chi connectivity index (χ4v) is 3.23. The summed E-state index contributed by atoms with van der Waals surface area (Å²) >= 11 is 17.5. The zero-order valence-electron chi connectivity index (χ0n) is 15.4. The Kier molecular flexibility index (Phi) is 7.25. The van der Waals surface area contributed by atoms with Crippen molar-refractivity contribution in [3.05, 3.63) is 74.2 Å². The average Bonchev–Trinajstić information content (AvgIpc) is 3.04. The van der Waals surface area contributed by atoms with Crippen LogP contribution in [0.15, 0.2) is 47.6 Å². The van der Waals surface area contributed by atoms with Gasteiger partial charge in [-0.25, -0.2) is 0 Å². The van der Waals surface area contributed by atoms with E-state index in [0.29, 0.717) is 27.2 Å². The van der Waals surface area contributed by atoms with Crippen molar-refractivity contribution in [1.82, 2.24) is 14.9 Å².